The number of hydrogen-bond acceptors (Lipinski definition) is 7. The quantitative estimate of drug-likeness (QED) is 0.440. The summed E-state index contributed by atoms with van der Waals surface area (Å²) in [5.41, 5.74) is 1.84. The first-order chi connectivity index (χ1) is 16.9. The predicted octanol–water partition coefficient (Wildman–Crippen LogP) is 3.19. The maximum absolute atomic E-state index is 13.0. The molecule has 0 amide bonds. The predicted molar refractivity (Wildman–Crippen MR) is 127 cm³/mol. The summed E-state index contributed by atoms with van der Waals surface area (Å²) in [7, 11) is -3.73. The van der Waals surface area contributed by atoms with Crippen LogP contribution in [0.5, 0.6) is 0 Å². The van der Waals surface area contributed by atoms with Crippen LogP contribution in [0, 0.1) is 5.92 Å². The lowest BCUT2D eigenvalue weighted by molar-refractivity contribution is -0.151. The Kier molecular flexibility index (Phi) is 7.62. The molecular weight excluding hydrogens is 470 g/mol. The second-order valence-electron chi connectivity index (χ2n) is 8.12. The van der Waals surface area contributed by atoms with Crippen molar-refractivity contribution in [3.05, 3.63) is 78.1 Å². The van der Waals surface area contributed by atoms with Crippen LogP contribution in [0.3, 0.4) is 0 Å². The largest absolute Gasteiger partial charge is 0.462 e. The number of esters is 2. The van der Waals surface area contributed by atoms with Gasteiger partial charge >= 0.3 is 11.9 Å². The van der Waals surface area contributed by atoms with Crippen LogP contribution in [0.15, 0.2) is 71.8 Å². The van der Waals surface area contributed by atoms with Crippen molar-refractivity contribution in [3.63, 3.8) is 0 Å². The second-order valence-corrected chi connectivity index (χ2v) is 10.1. The van der Waals surface area contributed by atoms with Gasteiger partial charge in [0, 0.05) is 19.3 Å². The number of benzene rings is 2. The van der Waals surface area contributed by atoms with Gasteiger partial charge < -0.3 is 9.47 Å². The molecule has 3 aromatic rings. The highest BCUT2D eigenvalue weighted by Crippen LogP contribution is 2.25. The van der Waals surface area contributed by atoms with Gasteiger partial charge in [-0.05, 0) is 62.2 Å². The van der Waals surface area contributed by atoms with Gasteiger partial charge in [0.25, 0.3) is 0 Å². The highest BCUT2D eigenvalue weighted by Gasteiger charge is 2.33. The molecule has 1 saturated heterocycles. The number of hydrogen-bond donors (Lipinski definition) is 0. The van der Waals surface area contributed by atoms with Gasteiger partial charge in [-0.3, -0.25) is 4.79 Å². The molecule has 0 atom stereocenters. The molecule has 1 aliphatic heterocycles. The normalized spacial score (nSPS) is 15.0. The molecule has 4 rings (SSSR count). The molecule has 35 heavy (non-hydrogen) atoms. The van der Waals surface area contributed by atoms with Crippen molar-refractivity contribution < 1.29 is 27.5 Å². The molecule has 10 heteroatoms. The van der Waals surface area contributed by atoms with E-state index >= 15 is 0 Å². The van der Waals surface area contributed by atoms with E-state index in [9.17, 15) is 18.0 Å². The number of sulfonamides is 1. The highest BCUT2D eigenvalue weighted by molar-refractivity contribution is 7.89. The fraction of sp³-hybridized carbons (Fsp3) is 0.320. The second kappa shape index (κ2) is 10.8. The Bertz CT molecular complexity index is 1260. The van der Waals surface area contributed by atoms with Crippen molar-refractivity contribution in [3.8, 4) is 5.69 Å². The Morgan fingerprint density at radius 3 is 2.31 bits per heavy atom. The third kappa shape index (κ3) is 5.77. The zero-order valence-corrected chi connectivity index (χ0v) is 20.2. The first-order valence-corrected chi connectivity index (χ1v) is 12.9. The van der Waals surface area contributed by atoms with Crippen LogP contribution in [-0.4, -0.2) is 54.1 Å². The molecule has 0 aliphatic carbocycles. The highest BCUT2D eigenvalue weighted by atomic mass is 32.2. The molecule has 1 aliphatic rings. The topological polar surface area (TPSA) is 108 Å². The van der Waals surface area contributed by atoms with Gasteiger partial charge in [-0.2, -0.15) is 9.40 Å². The maximum Gasteiger partial charge on any atom is 0.338 e. The Balaban J connectivity index is 1.29. The van der Waals surface area contributed by atoms with Crippen LogP contribution in [0.2, 0.25) is 0 Å². The van der Waals surface area contributed by atoms with E-state index < -0.39 is 16.0 Å². The standard InChI is InChI=1S/C25H27N3O6S/c1-2-33-24(29)19-8-10-23(11-9-19)35(31,32)27-15-12-20(13-16-27)25(30)34-18-21-14-17-28(26-21)22-6-4-3-5-7-22/h3-11,14,17,20H,2,12-13,15-16,18H2,1H3. The van der Waals surface area contributed by atoms with Gasteiger partial charge in [0.2, 0.25) is 10.0 Å². The Morgan fingerprint density at radius 1 is 0.971 bits per heavy atom. The van der Waals surface area contributed by atoms with Crippen LogP contribution < -0.4 is 0 Å². The summed E-state index contributed by atoms with van der Waals surface area (Å²) in [5, 5.41) is 4.43. The first kappa shape index (κ1) is 24.6. The minimum atomic E-state index is -3.73. The van der Waals surface area contributed by atoms with Crippen LogP contribution in [0.4, 0.5) is 0 Å². The summed E-state index contributed by atoms with van der Waals surface area (Å²) in [6, 6.07) is 17.1. The number of nitrogens with zero attached hydrogens (tertiary/aromatic N) is 3. The van der Waals surface area contributed by atoms with E-state index in [4.69, 9.17) is 9.47 Å². The van der Waals surface area contributed by atoms with Crippen molar-refractivity contribution in [1.29, 1.82) is 0 Å². The molecule has 0 bridgehead atoms. The number of aromatic nitrogens is 2. The lowest BCUT2D eigenvalue weighted by atomic mass is 9.98. The van der Waals surface area contributed by atoms with Gasteiger partial charge in [0.1, 0.15) is 12.3 Å². The molecule has 2 heterocycles. The summed E-state index contributed by atoms with van der Waals surface area (Å²) in [4.78, 5) is 24.4. The van der Waals surface area contributed by atoms with E-state index in [2.05, 4.69) is 5.10 Å². The zero-order chi connectivity index (χ0) is 24.8. The van der Waals surface area contributed by atoms with Gasteiger partial charge in [0.05, 0.1) is 28.7 Å². The number of ether oxygens (including phenoxy) is 2. The third-order valence-corrected chi connectivity index (χ3v) is 7.73. The van der Waals surface area contributed by atoms with Gasteiger partial charge in [-0.15, -0.1) is 0 Å². The van der Waals surface area contributed by atoms with Crippen molar-refractivity contribution in [2.75, 3.05) is 19.7 Å². The van der Waals surface area contributed by atoms with Crippen LogP contribution in [0.1, 0.15) is 35.8 Å². The summed E-state index contributed by atoms with van der Waals surface area (Å²) >= 11 is 0. The number of para-hydroxylation sites is 1. The molecule has 1 aromatic heterocycles. The van der Waals surface area contributed by atoms with E-state index in [0.29, 0.717) is 24.1 Å². The third-order valence-electron chi connectivity index (χ3n) is 5.82. The summed E-state index contributed by atoms with van der Waals surface area (Å²) in [6.45, 7) is 2.43. The van der Waals surface area contributed by atoms with E-state index in [0.717, 1.165) is 5.69 Å². The summed E-state index contributed by atoms with van der Waals surface area (Å²) in [6.07, 6.45) is 2.55. The Hall–Kier alpha value is -3.50. The van der Waals surface area contributed by atoms with E-state index in [1.807, 2.05) is 30.3 Å². The molecule has 0 N–H and O–H groups in total. The molecular formula is C25H27N3O6S. The van der Waals surface area contributed by atoms with Crippen molar-refractivity contribution in [2.24, 2.45) is 5.92 Å². The van der Waals surface area contributed by atoms with E-state index in [1.54, 1.807) is 23.9 Å². The maximum atomic E-state index is 13.0. The van der Waals surface area contributed by atoms with Gasteiger partial charge in [-0.1, -0.05) is 18.2 Å². The van der Waals surface area contributed by atoms with Crippen LogP contribution in [-0.2, 0) is 30.9 Å². The fourth-order valence-corrected chi connectivity index (χ4v) is 5.35. The van der Waals surface area contributed by atoms with Crippen molar-refractivity contribution >= 4 is 22.0 Å². The average molecular weight is 498 g/mol. The number of carbonyl (C=O) groups is 2. The van der Waals surface area contributed by atoms with Gasteiger partial charge in [-0.25, -0.2) is 17.9 Å². The number of rotatable bonds is 8. The summed E-state index contributed by atoms with van der Waals surface area (Å²) in [5.74, 6) is -1.22. The monoisotopic (exact) mass is 497 g/mol. The van der Waals surface area contributed by atoms with Crippen molar-refractivity contribution in [1.82, 2.24) is 14.1 Å². The van der Waals surface area contributed by atoms with Crippen molar-refractivity contribution in [2.45, 2.75) is 31.3 Å². The Morgan fingerprint density at radius 2 is 1.66 bits per heavy atom. The molecule has 2 aromatic carbocycles. The lowest BCUT2D eigenvalue weighted by Crippen LogP contribution is -2.40. The molecule has 9 nitrogen and oxygen atoms in total. The molecule has 0 unspecified atom stereocenters. The van der Waals surface area contributed by atoms with Crippen LogP contribution >= 0.6 is 0 Å². The molecule has 0 spiro atoms. The molecule has 0 radical (unpaired) electrons. The number of carbonyl (C=O) groups excluding carboxylic acids is 2. The molecule has 0 saturated carbocycles. The Labute approximate surface area is 204 Å². The first-order valence-electron chi connectivity index (χ1n) is 11.4. The average Bonchev–Trinajstić information content (AvgIpc) is 3.37. The smallest absolute Gasteiger partial charge is 0.338 e. The van der Waals surface area contributed by atoms with E-state index in [1.165, 1.54) is 28.6 Å². The zero-order valence-electron chi connectivity index (χ0n) is 19.4. The molecule has 184 valence electrons. The molecule has 1 fully saturated rings. The van der Waals surface area contributed by atoms with Crippen LogP contribution in [0.25, 0.3) is 5.69 Å². The minimum Gasteiger partial charge on any atom is -0.462 e. The van der Waals surface area contributed by atoms with Gasteiger partial charge in [0.15, 0.2) is 0 Å². The lowest BCUT2D eigenvalue weighted by Gasteiger charge is -2.30. The summed E-state index contributed by atoms with van der Waals surface area (Å²) < 4.78 is 39.4. The number of piperidine rings is 1. The fourth-order valence-electron chi connectivity index (χ4n) is 3.88. The van der Waals surface area contributed by atoms with E-state index in [-0.39, 0.29) is 43.1 Å². The minimum absolute atomic E-state index is 0.0595. The SMILES string of the molecule is CCOC(=O)c1ccc(S(=O)(=O)N2CCC(C(=O)OCc3ccn(-c4ccccc4)n3)CC2)cc1.